The highest BCUT2D eigenvalue weighted by Crippen LogP contribution is 2.36. The van der Waals surface area contributed by atoms with Gasteiger partial charge >= 0.3 is 0 Å². The zero-order valence-corrected chi connectivity index (χ0v) is 12.4. The molecular weight excluding hydrogens is 262 g/mol. The molecule has 0 amide bonds. The largest absolute Gasteiger partial charge is 0.482 e. The van der Waals surface area contributed by atoms with E-state index >= 15 is 0 Å². The van der Waals surface area contributed by atoms with Crippen LogP contribution in [0.4, 0.5) is 0 Å². The van der Waals surface area contributed by atoms with Crippen LogP contribution in [0.2, 0.25) is 0 Å². The zero-order chi connectivity index (χ0) is 14.4. The standard InChI is InChI=1S/C17H19N3O/c1-10(2)16-12-8-18-9-13(12)19-17(20-16)15-7-11-5-3-4-6-14(11)21-15/h3-6,10,15,18H,7-9H2,1-2H3. The van der Waals surface area contributed by atoms with Gasteiger partial charge in [0.05, 0.1) is 11.4 Å². The second kappa shape index (κ2) is 4.81. The smallest absolute Gasteiger partial charge is 0.170 e. The number of nitrogens with one attached hydrogen (secondary N) is 1. The van der Waals surface area contributed by atoms with Gasteiger partial charge in [0.15, 0.2) is 11.9 Å². The van der Waals surface area contributed by atoms with E-state index in [0.717, 1.165) is 36.8 Å². The molecule has 0 bridgehead atoms. The Balaban J connectivity index is 1.73. The van der Waals surface area contributed by atoms with Gasteiger partial charge in [-0.1, -0.05) is 32.0 Å². The fourth-order valence-corrected chi connectivity index (χ4v) is 3.16. The molecule has 3 heterocycles. The van der Waals surface area contributed by atoms with Gasteiger partial charge in [-0.15, -0.1) is 0 Å². The minimum atomic E-state index is -0.0502. The molecule has 1 aromatic carbocycles. The van der Waals surface area contributed by atoms with Crippen molar-refractivity contribution >= 4 is 0 Å². The van der Waals surface area contributed by atoms with Crippen molar-refractivity contribution < 1.29 is 4.74 Å². The summed E-state index contributed by atoms with van der Waals surface area (Å²) in [6.07, 6.45) is 0.811. The van der Waals surface area contributed by atoms with E-state index in [9.17, 15) is 0 Å². The summed E-state index contributed by atoms with van der Waals surface area (Å²) >= 11 is 0. The number of rotatable bonds is 2. The fraction of sp³-hybridized carbons (Fsp3) is 0.412. The predicted octanol–water partition coefficient (Wildman–Crippen LogP) is 2.88. The Bertz CT molecular complexity index is 671. The number of para-hydroxylation sites is 1. The first-order chi connectivity index (χ1) is 10.2. The van der Waals surface area contributed by atoms with Crippen LogP contribution in [0.1, 0.15) is 54.2 Å². The lowest BCUT2D eigenvalue weighted by Crippen LogP contribution is -2.13. The molecule has 4 nitrogen and oxygen atoms in total. The maximum Gasteiger partial charge on any atom is 0.170 e. The Morgan fingerprint density at radius 1 is 1.19 bits per heavy atom. The van der Waals surface area contributed by atoms with Crippen LogP contribution in [0.3, 0.4) is 0 Å². The first-order valence-corrected chi connectivity index (χ1v) is 7.57. The van der Waals surface area contributed by atoms with Gasteiger partial charge in [0.2, 0.25) is 0 Å². The van der Waals surface area contributed by atoms with Gasteiger partial charge in [-0.25, -0.2) is 9.97 Å². The molecule has 0 saturated heterocycles. The van der Waals surface area contributed by atoms with Crippen LogP contribution in [0, 0.1) is 0 Å². The van der Waals surface area contributed by atoms with Crippen LogP contribution >= 0.6 is 0 Å². The second-order valence-corrected chi connectivity index (χ2v) is 6.07. The van der Waals surface area contributed by atoms with E-state index in [0.29, 0.717) is 5.92 Å². The quantitative estimate of drug-likeness (QED) is 0.919. The van der Waals surface area contributed by atoms with Crippen LogP contribution in [-0.2, 0) is 19.5 Å². The maximum absolute atomic E-state index is 6.04. The first-order valence-electron chi connectivity index (χ1n) is 7.57. The van der Waals surface area contributed by atoms with Crippen molar-refractivity contribution in [3.63, 3.8) is 0 Å². The molecule has 0 aliphatic carbocycles. The summed E-state index contributed by atoms with van der Waals surface area (Å²) in [5.74, 6) is 2.21. The summed E-state index contributed by atoms with van der Waals surface area (Å²) in [5, 5.41) is 3.37. The van der Waals surface area contributed by atoms with Crippen LogP contribution < -0.4 is 10.1 Å². The molecule has 1 unspecified atom stereocenters. The van der Waals surface area contributed by atoms with Gasteiger partial charge in [0, 0.05) is 25.1 Å². The summed E-state index contributed by atoms with van der Waals surface area (Å²) in [6.45, 7) is 6.10. The van der Waals surface area contributed by atoms with Crippen molar-refractivity contribution in [3.8, 4) is 5.75 Å². The molecule has 0 spiro atoms. The third-order valence-corrected chi connectivity index (χ3v) is 4.22. The molecular formula is C17H19N3O. The normalized spacial score (nSPS) is 19.5. The summed E-state index contributed by atoms with van der Waals surface area (Å²) in [4.78, 5) is 9.60. The van der Waals surface area contributed by atoms with E-state index in [1.54, 1.807) is 0 Å². The summed E-state index contributed by atoms with van der Waals surface area (Å²) in [5.41, 5.74) is 4.84. The molecule has 2 aliphatic rings. The summed E-state index contributed by atoms with van der Waals surface area (Å²) in [6, 6.07) is 8.20. The molecule has 4 rings (SSSR count). The highest BCUT2D eigenvalue weighted by molar-refractivity contribution is 5.39. The van der Waals surface area contributed by atoms with E-state index in [1.807, 2.05) is 12.1 Å². The number of aromatic nitrogens is 2. The lowest BCUT2D eigenvalue weighted by atomic mass is 10.0. The zero-order valence-electron chi connectivity index (χ0n) is 12.4. The molecule has 21 heavy (non-hydrogen) atoms. The van der Waals surface area contributed by atoms with Gasteiger partial charge in [0.1, 0.15) is 5.75 Å². The molecule has 2 aromatic rings. The van der Waals surface area contributed by atoms with Crippen molar-refractivity contribution in [2.24, 2.45) is 0 Å². The van der Waals surface area contributed by atoms with Crippen LogP contribution in [-0.4, -0.2) is 9.97 Å². The van der Waals surface area contributed by atoms with Crippen molar-refractivity contribution in [1.82, 2.24) is 15.3 Å². The number of fused-ring (bicyclic) bond motifs is 2. The first kappa shape index (κ1) is 12.8. The Labute approximate surface area is 124 Å². The highest BCUT2D eigenvalue weighted by Gasteiger charge is 2.29. The summed E-state index contributed by atoms with van der Waals surface area (Å²) in [7, 11) is 0. The Morgan fingerprint density at radius 2 is 2.05 bits per heavy atom. The minimum absolute atomic E-state index is 0.0502. The topological polar surface area (TPSA) is 47.0 Å². The fourth-order valence-electron chi connectivity index (χ4n) is 3.16. The number of benzene rings is 1. The number of nitrogens with zero attached hydrogens (tertiary/aromatic N) is 2. The molecule has 4 heteroatoms. The molecule has 1 N–H and O–H groups in total. The van der Waals surface area contributed by atoms with Crippen molar-refractivity contribution in [2.45, 2.75) is 45.4 Å². The molecule has 1 atom stereocenters. The van der Waals surface area contributed by atoms with E-state index in [1.165, 1.54) is 16.8 Å². The van der Waals surface area contributed by atoms with E-state index in [-0.39, 0.29) is 6.10 Å². The predicted molar refractivity (Wildman–Crippen MR) is 80.2 cm³/mol. The molecule has 108 valence electrons. The number of hydrogen-bond donors (Lipinski definition) is 1. The third-order valence-electron chi connectivity index (χ3n) is 4.22. The van der Waals surface area contributed by atoms with Crippen LogP contribution in [0.25, 0.3) is 0 Å². The number of hydrogen-bond acceptors (Lipinski definition) is 4. The van der Waals surface area contributed by atoms with Crippen LogP contribution in [0.5, 0.6) is 5.75 Å². The monoisotopic (exact) mass is 281 g/mol. The lowest BCUT2D eigenvalue weighted by molar-refractivity contribution is 0.226. The Kier molecular flexibility index (Phi) is 2.93. The highest BCUT2D eigenvalue weighted by atomic mass is 16.5. The Hall–Kier alpha value is -1.94. The van der Waals surface area contributed by atoms with E-state index < -0.39 is 0 Å². The van der Waals surface area contributed by atoms with E-state index in [2.05, 4.69) is 31.3 Å². The average Bonchev–Trinajstić information content (AvgIpc) is 3.11. The molecule has 2 aliphatic heterocycles. The molecule has 0 fully saturated rings. The van der Waals surface area contributed by atoms with Gasteiger partial charge in [-0.05, 0) is 17.5 Å². The number of ether oxygens (including phenoxy) is 1. The average molecular weight is 281 g/mol. The van der Waals surface area contributed by atoms with Crippen molar-refractivity contribution in [3.05, 3.63) is 52.6 Å². The van der Waals surface area contributed by atoms with Crippen LogP contribution in [0.15, 0.2) is 24.3 Å². The molecule has 0 saturated carbocycles. The SMILES string of the molecule is CC(C)c1nc(C2Cc3ccccc3O2)nc2c1CNC2. The van der Waals surface area contributed by atoms with Gasteiger partial charge in [-0.3, -0.25) is 0 Å². The Morgan fingerprint density at radius 3 is 2.86 bits per heavy atom. The van der Waals surface area contributed by atoms with Gasteiger partial charge in [0.25, 0.3) is 0 Å². The summed E-state index contributed by atoms with van der Waals surface area (Å²) < 4.78 is 6.04. The molecule has 0 radical (unpaired) electrons. The third kappa shape index (κ3) is 2.10. The van der Waals surface area contributed by atoms with Crippen molar-refractivity contribution in [1.29, 1.82) is 0 Å². The van der Waals surface area contributed by atoms with Gasteiger partial charge < -0.3 is 10.1 Å². The maximum atomic E-state index is 6.04. The lowest BCUT2D eigenvalue weighted by Gasteiger charge is -2.15. The van der Waals surface area contributed by atoms with Gasteiger partial charge in [-0.2, -0.15) is 0 Å². The van der Waals surface area contributed by atoms with E-state index in [4.69, 9.17) is 14.7 Å². The second-order valence-electron chi connectivity index (χ2n) is 6.07. The minimum Gasteiger partial charge on any atom is -0.482 e. The molecule has 1 aromatic heterocycles. The van der Waals surface area contributed by atoms with Crippen molar-refractivity contribution in [2.75, 3.05) is 0 Å².